The normalized spacial score (nSPS) is 12.3. The molecule has 0 aromatic heterocycles. The number of aliphatic carboxylic acids is 2. The third-order valence-electron chi connectivity index (χ3n) is 0.995. The van der Waals surface area contributed by atoms with Crippen molar-refractivity contribution in [2.45, 2.75) is 15.8 Å². The number of rotatable bonds is 4. The summed E-state index contributed by atoms with van der Waals surface area (Å²) in [6.07, 6.45) is -1.16. The molecule has 0 fully saturated rings. The van der Waals surface area contributed by atoms with Crippen LogP contribution < -0.4 is 0 Å². The van der Waals surface area contributed by atoms with E-state index in [2.05, 4.69) is 4.17 Å². The Labute approximate surface area is 98.3 Å². The molecule has 0 aromatic rings. The molecule has 0 amide bonds. The molecule has 9 heteroatoms. The molecule has 7 nitrogen and oxygen atoms in total. The first-order chi connectivity index (χ1) is 6.25. The van der Waals surface area contributed by atoms with Gasteiger partial charge in [0, 0.05) is 0 Å². The molecule has 3 N–H and O–H groups in total. The molecule has 14 heavy (non-hydrogen) atoms. The van der Waals surface area contributed by atoms with Gasteiger partial charge in [0.15, 0.2) is 5.25 Å². The van der Waals surface area contributed by atoms with Crippen LogP contribution in [0.5, 0.6) is 0 Å². The van der Waals surface area contributed by atoms with Crippen molar-refractivity contribution in [3.8, 4) is 0 Å². The summed E-state index contributed by atoms with van der Waals surface area (Å²) in [5, 5.41) is 13.9. The van der Waals surface area contributed by atoms with Gasteiger partial charge >= 0.3 is 44.0 Å². The Morgan fingerprint density at radius 2 is 1.64 bits per heavy atom. The Bertz CT molecular complexity index is 295. The molecule has 78 valence electrons. The molecule has 0 aliphatic heterocycles. The zero-order chi connectivity index (χ0) is 11.9. The van der Waals surface area contributed by atoms with E-state index in [1.165, 1.54) is 27.9 Å². The maximum atomic E-state index is 10.2. The van der Waals surface area contributed by atoms with Crippen LogP contribution in [0.15, 0.2) is 0 Å². The Balaban J connectivity index is 0. The average molecular weight is 236 g/mol. The summed E-state index contributed by atoms with van der Waals surface area (Å²) in [6.45, 7) is 0. The third kappa shape index (κ3) is 7.27. The molecule has 0 aromatic carbocycles. The van der Waals surface area contributed by atoms with Crippen molar-refractivity contribution < 1.29 is 32.8 Å². The van der Waals surface area contributed by atoms with E-state index >= 15 is 0 Å². The van der Waals surface area contributed by atoms with Crippen LogP contribution in [0.3, 0.4) is 0 Å². The summed E-state index contributed by atoms with van der Waals surface area (Å²) in [4.78, 5) is 20.0. The summed E-state index contributed by atoms with van der Waals surface area (Å²) in [5.74, 6) is -3.50. The summed E-state index contributed by atoms with van der Waals surface area (Å²) < 4.78 is 30.8. The van der Waals surface area contributed by atoms with Gasteiger partial charge in [-0.3, -0.25) is 14.1 Å². The summed E-state index contributed by atoms with van der Waals surface area (Å²) in [6, 6.07) is 0. The number of carboxylic acids is 2. The Kier molecular flexibility index (Phi) is 8.36. The van der Waals surface area contributed by atoms with Crippen LogP contribution >= 0.6 is 0 Å². The van der Waals surface area contributed by atoms with E-state index < -0.39 is 33.7 Å². The number of carbonyl (C=O) groups is 2. The Hall–Kier alpha value is -0.150. The second kappa shape index (κ2) is 7.18. The second-order valence-corrected chi connectivity index (χ2v) is 3.54. The van der Waals surface area contributed by atoms with Crippen molar-refractivity contribution in [1.29, 1.82) is 0 Å². The summed E-state index contributed by atoms with van der Waals surface area (Å²) in [7, 11) is -4.84. The fourth-order valence-electron chi connectivity index (χ4n) is 0.479. The quantitative estimate of drug-likeness (QED) is 0.422. The van der Waals surface area contributed by atoms with E-state index in [1.54, 1.807) is 0 Å². The molecule has 0 bridgehead atoms. The standard InChI is InChI=1S/C4H6O7S.CH3.Na/c5-3(6)1-2(4(7)8)12(9,10)11;;/h2H,1H2,(H,5,6)(H,7,8)(H,9,10,11);1H3;. The van der Waals surface area contributed by atoms with Gasteiger partial charge in [-0.15, -0.1) is 0 Å². The molecule has 0 heterocycles. The van der Waals surface area contributed by atoms with Gasteiger partial charge in [0.2, 0.25) is 0 Å². The van der Waals surface area contributed by atoms with Crippen molar-refractivity contribution in [3.05, 3.63) is 0 Å². The van der Waals surface area contributed by atoms with Gasteiger partial charge < -0.3 is 10.2 Å². The predicted octanol–water partition coefficient (Wildman–Crippen LogP) is -0.995. The van der Waals surface area contributed by atoms with Crippen molar-refractivity contribution in [3.63, 3.8) is 0 Å². The van der Waals surface area contributed by atoms with E-state index in [1.807, 2.05) is 0 Å². The molecule has 0 radical (unpaired) electrons. The van der Waals surface area contributed by atoms with Gasteiger partial charge in [-0.2, -0.15) is 8.42 Å². The molecule has 0 aliphatic rings. The van der Waals surface area contributed by atoms with E-state index in [0.717, 1.165) is 0 Å². The van der Waals surface area contributed by atoms with E-state index in [4.69, 9.17) is 14.8 Å². The van der Waals surface area contributed by atoms with Gasteiger partial charge in [-0.25, -0.2) is 0 Å². The number of hydrogen-bond acceptors (Lipinski definition) is 4. The fraction of sp³-hybridized carbons (Fsp3) is 0.600. The first-order valence-electron chi connectivity index (χ1n) is 3.66. The van der Waals surface area contributed by atoms with Crippen LogP contribution in [0.1, 0.15) is 6.42 Å². The third-order valence-corrected chi connectivity index (χ3v) is 2.08. The second-order valence-electron chi connectivity index (χ2n) is 1.94. The van der Waals surface area contributed by atoms with Gasteiger partial charge in [0.25, 0.3) is 10.1 Å². The molecule has 0 aliphatic carbocycles. The van der Waals surface area contributed by atoms with Crippen LogP contribution in [0.4, 0.5) is 0 Å². The van der Waals surface area contributed by atoms with Crippen LogP contribution in [0, 0.1) is 0 Å². The molecular formula is C5H9NaO7S. The minimum absolute atomic E-state index is 1.16. The molecule has 1 unspecified atom stereocenters. The predicted molar refractivity (Wildman–Crippen MR) is 46.8 cm³/mol. The van der Waals surface area contributed by atoms with Crippen molar-refractivity contribution in [1.82, 2.24) is 0 Å². The monoisotopic (exact) mass is 236 g/mol. The van der Waals surface area contributed by atoms with Crippen LogP contribution in [0.25, 0.3) is 0 Å². The molecule has 0 saturated heterocycles. The molecule has 0 spiro atoms. The topological polar surface area (TPSA) is 129 Å². The van der Waals surface area contributed by atoms with Crippen LogP contribution in [-0.4, -0.2) is 68.3 Å². The number of carboxylic acid groups (broad SMARTS) is 2. The van der Waals surface area contributed by atoms with Crippen molar-refractivity contribution in [2.75, 3.05) is 0 Å². The molecule has 0 saturated carbocycles. The van der Waals surface area contributed by atoms with Gasteiger partial charge in [0.05, 0.1) is 6.42 Å². The maximum absolute atomic E-state index is 10.2. The van der Waals surface area contributed by atoms with E-state index in [0.29, 0.717) is 0 Å². The van der Waals surface area contributed by atoms with Crippen LogP contribution in [0.2, 0.25) is 4.17 Å². The van der Waals surface area contributed by atoms with Gasteiger partial charge in [-0.05, 0) is 0 Å². The summed E-state index contributed by atoms with van der Waals surface area (Å²) >= 11 is 1.31. The SMILES string of the molecule is O=C(O)CC(C(=O)O)S(=O)(=O)O.[CH3][Na]. The Morgan fingerprint density at radius 3 is 1.71 bits per heavy atom. The van der Waals surface area contributed by atoms with Gasteiger partial charge in [0.1, 0.15) is 0 Å². The zero-order valence-corrected chi connectivity index (χ0v) is 10.5. The zero-order valence-electron chi connectivity index (χ0n) is 7.67. The fourth-order valence-corrected chi connectivity index (χ4v) is 1.09. The minimum atomic E-state index is -4.84. The first-order valence-corrected chi connectivity index (χ1v) is 7.16. The Morgan fingerprint density at radius 1 is 1.29 bits per heavy atom. The van der Waals surface area contributed by atoms with E-state index in [9.17, 15) is 18.0 Å². The first kappa shape index (κ1) is 16.3. The van der Waals surface area contributed by atoms with Crippen LogP contribution in [-0.2, 0) is 19.7 Å². The van der Waals surface area contributed by atoms with Crippen molar-refractivity contribution >= 4 is 50.0 Å². The molecule has 0 rings (SSSR count). The molecular weight excluding hydrogens is 227 g/mol. The van der Waals surface area contributed by atoms with Gasteiger partial charge in [-0.1, -0.05) is 0 Å². The van der Waals surface area contributed by atoms with Crippen molar-refractivity contribution in [2.24, 2.45) is 0 Å². The number of hydrogen-bond donors (Lipinski definition) is 3. The summed E-state index contributed by atoms with van der Waals surface area (Å²) in [5.41, 5.74) is 0. The molecule has 1 atom stereocenters. The van der Waals surface area contributed by atoms with E-state index in [-0.39, 0.29) is 0 Å². The average Bonchev–Trinajstić information content (AvgIpc) is 2.01.